The van der Waals surface area contributed by atoms with E-state index in [4.69, 9.17) is 18.0 Å². The lowest BCUT2D eigenvalue weighted by Crippen LogP contribution is -2.10. The van der Waals surface area contributed by atoms with Gasteiger partial charge in [0.15, 0.2) is 11.6 Å². The van der Waals surface area contributed by atoms with Gasteiger partial charge in [-0.25, -0.2) is 13.8 Å². The number of rotatable bonds is 4. The Morgan fingerprint density at radius 2 is 2.00 bits per heavy atom. The maximum atomic E-state index is 13.0. The summed E-state index contributed by atoms with van der Waals surface area (Å²) in [6.45, 7) is 0.324. The van der Waals surface area contributed by atoms with Gasteiger partial charge in [-0.05, 0) is 29.8 Å². The van der Waals surface area contributed by atoms with Gasteiger partial charge in [-0.2, -0.15) is 0 Å². The van der Waals surface area contributed by atoms with Crippen LogP contribution in [0.15, 0.2) is 36.5 Å². The molecule has 0 atom stereocenters. The summed E-state index contributed by atoms with van der Waals surface area (Å²) in [6, 6.07) is 7.13. The molecule has 98 valence electrons. The second kappa shape index (κ2) is 5.71. The maximum absolute atomic E-state index is 13.0. The average Bonchev–Trinajstić information content (AvgIpc) is 2.40. The van der Waals surface area contributed by atoms with Crippen LogP contribution in [0.4, 0.5) is 14.6 Å². The number of benzene rings is 1. The highest BCUT2D eigenvalue weighted by molar-refractivity contribution is 7.80. The molecule has 0 radical (unpaired) electrons. The zero-order chi connectivity index (χ0) is 13.8. The molecule has 1 heterocycles. The second-order valence-electron chi connectivity index (χ2n) is 3.90. The number of thiocarbonyl (C=S) groups is 1. The molecule has 2 rings (SSSR count). The SMILES string of the molecule is NC(=S)c1ccnc(NCc2ccc(F)c(F)c2)c1. The minimum atomic E-state index is -0.871. The van der Waals surface area contributed by atoms with Gasteiger partial charge in [0.25, 0.3) is 0 Å². The number of nitrogens with two attached hydrogens (primary N) is 1. The minimum absolute atomic E-state index is 0.276. The zero-order valence-corrected chi connectivity index (χ0v) is 10.7. The van der Waals surface area contributed by atoms with Crippen LogP contribution < -0.4 is 11.1 Å². The van der Waals surface area contributed by atoms with Crippen LogP contribution in [0.2, 0.25) is 0 Å². The predicted molar refractivity (Wildman–Crippen MR) is 73.8 cm³/mol. The van der Waals surface area contributed by atoms with Crippen molar-refractivity contribution in [2.24, 2.45) is 5.73 Å². The molecular weight excluding hydrogens is 268 g/mol. The highest BCUT2D eigenvalue weighted by Crippen LogP contribution is 2.12. The summed E-state index contributed by atoms with van der Waals surface area (Å²) in [4.78, 5) is 4.36. The Morgan fingerprint density at radius 1 is 1.21 bits per heavy atom. The summed E-state index contributed by atoms with van der Waals surface area (Å²) < 4.78 is 25.8. The van der Waals surface area contributed by atoms with E-state index >= 15 is 0 Å². The summed E-state index contributed by atoms with van der Waals surface area (Å²) in [6.07, 6.45) is 1.57. The first-order valence-corrected chi connectivity index (χ1v) is 5.91. The zero-order valence-electron chi connectivity index (χ0n) is 9.86. The first-order chi connectivity index (χ1) is 9.06. The molecule has 0 saturated heterocycles. The van der Waals surface area contributed by atoms with Crippen molar-refractivity contribution in [3.8, 4) is 0 Å². The molecule has 2 aromatic rings. The lowest BCUT2D eigenvalue weighted by atomic mass is 10.2. The molecule has 0 bridgehead atoms. The molecule has 3 nitrogen and oxygen atoms in total. The molecule has 1 aromatic carbocycles. The van der Waals surface area contributed by atoms with Crippen molar-refractivity contribution in [3.63, 3.8) is 0 Å². The smallest absolute Gasteiger partial charge is 0.159 e. The Bertz CT molecular complexity index is 617. The van der Waals surface area contributed by atoms with Gasteiger partial charge in [-0.1, -0.05) is 18.3 Å². The van der Waals surface area contributed by atoms with Crippen molar-refractivity contribution >= 4 is 23.0 Å². The van der Waals surface area contributed by atoms with Gasteiger partial charge in [-0.15, -0.1) is 0 Å². The number of nitrogens with zero attached hydrogens (tertiary/aromatic N) is 1. The van der Waals surface area contributed by atoms with Crippen LogP contribution >= 0.6 is 12.2 Å². The number of nitrogens with one attached hydrogen (secondary N) is 1. The van der Waals surface area contributed by atoms with Crippen molar-refractivity contribution in [2.75, 3.05) is 5.32 Å². The van der Waals surface area contributed by atoms with Crippen molar-refractivity contribution in [2.45, 2.75) is 6.54 Å². The van der Waals surface area contributed by atoms with Crippen LogP contribution in [0.25, 0.3) is 0 Å². The van der Waals surface area contributed by atoms with E-state index in [9.17, 15) is 8.78 Å². The minimum Gasteiger partial charge on any atom is -0.389 e. The van der Waals surface area contributed by atoms with Crippen molar-refractivity contribution < 1.29 is 8.78 Å². The highest BCUT2D eigenvalue weighted by atomic mass is 32.1. The normalized spacial score (nSPS) is 10.2. The Kier molecular flexibility index (Phi) is 4.01. The third kappa shape index (κ3) is 3.45. The molecule has 0 saturated carbocycles. The van der Waals surface area contributed by atoms with E-state index in [1.807, 2.05) is 0 Å². The van der Waals surface area contributed by atoms with E-state index in [2.05, 4.69) is 10.3 Å². The fourth-order valence-corrected chi connectivity index (χ4v) is 1.65. The largest absolute Gasteiger partial charge is 0.389 e. The number of hydrogen-bond donors (Lipinski definition) is 2. The summed E-state index contributed by atoms with van der Waals surface area (Å²) in [5.41, 5.74) is 6.82. The standard InChI is InChI=1S/C13H11F2N3S/c14-10-2-1-8(5-11(10)15)7-18-12-6-9(13(16)19)3-4-17-12/h1-6H,7H2,(H2,16,19)(H,17,18). The number of hydrogen-bond acceptors (Lipinski definition) is 3. The lowest BCUT2D eigenvalue weighted by Gasteiger charge is -2.07. The van der Waals surface area contributed by atoms with Crippen LogP contribution in [0.5, 0.6) is 0 Å². The summed E-state index contributed by atoms with van der Waals surface area (Å²) in [5, 5.41) is 2.99. The Balaban J connectivity index is 2.07. The Labute approximate surface area is 114 Å². The van der Waals surface area contributed by atoms with Gasteiger partial charge >= 0.3 is 0 Å². The second-order valence-corrected chi connectivity index (χ2v) is 4.34. The lowest BCUT2D eigenvalue weighted by molar-refractivity contribution is 0.507. The van der Waals surface area contributed by atoms with E-state index in [0.717, 1.165) is 12.1 Å². The molecule has 0 aliphatic heterocycles. The van der Waals surface area contributed by atoms with E-state index in [1.54, 1.807) is 18.3 Å². The molecule has 3 N–H and O–H groups in total. The summed E-state index contributed by atoms with van der Waals surface area (Å²) in [7, 11) is 0. The number of aromatic nitrogens is 1. The first-order valence-electron chi connectivity index (χ1n) is 5.50. The number of pyridine rings is 1. The van der Waals surface area contributed by atoms with Crippen molar-refractivity contribution in [1.29, 1.82) is 0 Å². The third-order valence-corrected chi connectivity index (χ3v) is 2.74. The molecular formula is C13H11F2N3S. The molecule has 0 amide bonds. The number of anilines is 1. The van der Waals surface area contributed by atoms with E-state index < -0.39 is 11.6 Å². The van der Waals surface area contributed by atoms with Gasteiger partial charge in [-0.3, -0.25) is 0 Å². The monoisotopic (exact) mass is 279 g/mol. The molecule has 0 aliphatic rings. The van der Waals surface area contributed by atoms with Gasteiger partial charge in [0.05, 0.1) is 0 Å². The topological polar surface area (TPSA) is 50.9 Å². The molecule has 6 heteroatoms. The van der Waals surface area contributed by atoms with Crippen LogP contribution in [0.3, 0.4) is 0 Å². The van der Waals surface area contributed by atoms with Gasteiger partial charge in [0.2, 0.25) is 0 Å². The third-order valence-electron chi connectivity index (χ3n) is 2.50. The Morgan fingerprint density at radius 3 is 2.68 bits per heavy atom. The molecule has 19 heavy (non-hydrogen) atoms. The van der Waals surface area contributed by atoms with Crippen molar-refractivity contribution in [1.82, 2.24) is 4.98 Å². The molecule has 1 aromatic heterocycles. The first kappa shape index (κ1) is 13.4. The van der Waals surface area contributed by atoms with E-state index in [1.165, 1.54) is 6.07 Å². The predicted octanol–water partition coefficient (Wildman–Crippen LogP) is 2.61. The van der Waals surface area contributed by atoms with Crippen LogP contribution in [-0.4, -0.2) is 9.97 Å². The van der Waals surface area contributed by atoms with Gasteiger partial charge in [0.1, 0.15) is 10.8 Å². The van der Waals surface area contributed by atoms with Crippen molar-refractivity contribution in [3.05, 3.63) is 59.3 Å². The number of halogens is 2. The average molecular weight is 279 g/mol. The Hall–Kier alpha value is -2.08. The fourth-order valence-electron chi connectivity index (χ4n) is 1.52. The molecule has 0 unspecified atom stereocenters. The van der Waals surface area contributed by atoms with Crippen LogP contribution in [0.1, 0.15) is 11.1 Å². The van der Waals surface area contributed by atoms with Crippen LogP contribution in [0, 0.1) is 11.6 Å². The molecule has 0 spiro atoms. The van der Waals surface area contributed by atoms with Gasteiger partial charge < -0.3 is 11.1 Å². The quantitative estimate of drug-likeness (QED) is 0.845. The fraction of sp³-hybridized carbons (Fsp3) is 0.0769. The highest BCUT2D eigenvalue weighted by Gasteiger charge is 2.03. The maximum Gasteiger partial charge on any atom is 0.159 e. The molecule has 0 fully saturated rings. The van der Waals surface area contributed by atoms with E-state index in [-0.39, 0.29) is 4.99 Å². The van der Waals surface area contributed by atoms with Gasteiger partial charge in [0, 0.05) is 18.3 Å². The summed E-state index contributed by atoms with van der Waals surface area (Å²) in [5.74, 6) is -1.17. The van der Waals surface area contributed by atoms with Crippen LogP contribution in [-0.2, 0) is 6.54 Å². The summed E-state index contributed by atoms with van der Waals surface area (Å²) >= 11 is 4.86. The van der Waals surface area contributed by atoms with E-state index in [0.29, 0.717) is 23.5 Å². The molecule has 0 aliphatic carbocycles.